The largest absolute Gasteiger partial charge is 0.491 e. The molecule has 0 aliphatic heterocycles. The van der Waals surface area contributed by atoms with E-state index in [9.17, 15) is 9.59 Å². The maximum atomic E-state index is 12.7. The van der Waals surface area contributed by atoms with Gasteiger partial charge in [0, 0.05) is 12.1 Å². The van der Waals surface area contributed by atoms with Gasteiger partial charge in [-0.1, -0.05) is 49.4 Å². The number of amides is 2. The molecule has 2 amide bonds. The van der Waals surface area contributed by atoms with E-state index in [1.165, 1.54) is 0 Å². The predicted molar refractivity (Wildman–Crippen MR) is 119 cm³/mol. The van der Waals surface area contributed by atoms with Crippen LogP contribution in [0, 0.1) is 0 Å². The minimum atomic E-state index is -0.284. The van der Waals surface area contributed by atoms with Crippen LogP contribution in [0.15, 0.2) is 78.9 Å². The van der Waals surface area contributed by atoms with Crippen molar-refractivity contribution in [3.8, 4) is 5.75 Å². The van der Waals surface area contributed by atoms with Crippen LogP contribution in [0.4, 0.5) is 5.69 Å². The van der Waals surface area contributed by atoms with E-state index in [2.05, 4.69) is 17.6 Å². The average Bonchev–Trinajstić information content (AvgIpc) is 2.79. The second-order valence-corrected chi connectivity index (χ2v) is 7.03. The molecule has 0 aliphatic rings. The van der Waals surface area contributed by atoms with Crippen molar-refractivity contribution in [2.45, 2.75) is 32.9 Å². The van der Waals surface area contributed by atoms with Gasteiger partial charge < -0.3 is 15.4 Å². The number of ether oxygens (including phenoxy) is 1. The number of carbonyl (C=O) groups is 2. The Morgan fingerprint density at radius 2 is 1.53 bits per heavy atom. The summed E-state index contributed by atoms with van der Waals surface area (Å²) in [6.45, 7) is 4.47. The van der Waals surface area contributed by atoms with E-state index >= 15 is 0 Å². The van der Waals surface area contributed by atoms with Crippen molar-refractivity contribution in [2.75, 3.05) is 5.32 Å². The quantitative estimate of drug-likeness (QED) is 0.554. The molecule has 0 bridgehead atoms. The molecule has 2 N–H and O–H groups in total. The maximum absolute atomic E-state index is 12.7. The van der Waals surface area contributed by atoms with Crippen LogP contribution in [0.5, 0.6) is 5.75 Å². The number of nitrogens with one attached hydrogen (secondary N) is 2. The first kappa shape index (κ1) is 21.1. The molecular weight excluding hydrogens is 376 g/mol. The maximum Gasteiger partial charge on any atom is 0.255 e. The molecule has 30 heavy (non-hydrogen) atoms. The topological polar surface area (TPSA) is 67.4 Å². The molecule has 1 atom stereocenters. The van der Waals surface area contributed by atoms with Crippen molar-refractivity contribution >= 4 is 17.5 Å². The minimum Gasteiger partial charge on any atom is -0.491 e. The van der Waals surface area contributed by atoms with Gasteiger partial charge in [0.25, 0.3) is 11.8 Å². The van der Waals surface area contributed by atoms with Crippen LogP contribution in [0.3, 0.4) is 0 Å². The highest BCUT2D eigenvalue weighted by Gasteiger charge is 2.14. The summed E-state index contributed by atoms with van der Waals surface area (Å²) in [5.41, 5.74) is 2.38. The molecule has 0 heterocycles. The summed E-state index contributed by atoms with van der Waals surface area (Å²) in [5, 5.41) is 5.73. The van der Waals surface area contributed by atoms with Crippen LogP contribution in [0.1, 0.15) is 46.5 Å². The van der Waals surface area contributed by atoms with Crippen molar-refractivity contribution in [1.82, 2.24) is 5.32 Å². The van der Waals surface area contributed by atoms with Gasteiger partial charge >= 0.3 is 0 Å². The Kier molecular flexibility index (Phi) is 7.22. The third-order valence-electron chi connectivity index (χ3n) is 4.74. The lowest BCUT2D eigenvalue weighted by Gasteiger charge is -2.13. The molecule has 0 saturated carbocycles. The lowest BCUT2D eigenvalue weighted by molar-refractivity contribution is 0.0952. The normalized spacial score (nSPS) is 11.4. The average molecular weight is 402 g/mol. The minimum absolute atomic E-state index is 0.117. The van der Waals surface area contributed by atoms with Crippen LogP contribution >= 0.6 is 0 Å². The fourth-order valence-corrected chi connectivity index (χ4v) is 2.86. The van der Waals surface area contributed by atoms with Gasteiger partial charge in [-0.25, -0.2) is 0 Å². The first-order valence-corrected chi connectivity index (χ1v) is 10.1. The summed E-state index contributed by atoms with van der Waals surface area (Å²) < 4.78 is 5.75. The Bertz CT molecular complexity index is 985. The number of carbonyl (C=O) groups excluding carboxylic acids is 2. The smallest absolute Gasteiger partial charge is 0.255 e. The highest BCUT2D eigenvalue weighted by molar-refractivity contribution is 6.09. The summed E-state index contributed by atoms with van der Waals surface area (Å²) in [7, 11) is 0. The Hall–Kier alpha value is -3.60. The molecule has 0 aromatic heterocycles. The van der Waals surface area contributed by atoms with Gasteiger partial charge in [0.1, 0.15) is 5.75 Å². The Morgan fingerprint density at radius 3 is 2.23 bits per heavy atom. The third kappa shape index (κ3) is 5.70. The van der Waals surface area contributed by atoms with E-state index in [1.54, 1.807) is 48.5 Å². The van der Waals surface area contributed by atoms with Gasteiger partial charge in [-0.2, -0.15) is 0 Å². The van der Waals surface area contributed by atoms with Crippen LogP contribution in [0.2, 0.25) is 0 Å². The predicted octanol–water partition coefficient (Wildman–Crippen LogP) is 5.05. The van der Waals surface area contributed by atoms with E-state index < -0.39 is 0 Å². The van der Waals surface area contributed by atoms with Gasteiger partial charge in [0.15, 0.2) is 0 Å². The van der Waals surface area contributed by atoms with Gasteiger partial charge in [0.2, 0.25) is 0 Å². The molecule has 3 rings (SSSR count). The Labute approximate surface area is 177 Å². The van der Waals surface area contributed by atoms with Crippen LogP contribution in [-0.2, 0) is 6.54 Å². The molecule has 0 saturated heterocycles. The van der Waals surface area contributed by atoms with Crippen LogP contribution in [-0.4, -0.2) is 17.9 Å². The zero-order valence-electron chi connectivity index (χ0n) is 17.2. The van der Waals surface area contributed by atoms with Gasteiger partial charge in [-0.3, -0.25) is 9.59 Å². The van der Waals surface area contributed by atoms with E-state index in [0.717, 1.165) is 17.7 Å². The van der Waals surface area contributed by atoms with Gasteiger partial charge in [-0.15, -0.1) is 0 Å². The second kappa shape index (κ2) is 10.3. The van der Waals surface area contributed by atoms with E-state index in [-0.39, 0.29) is 17.9 Å². The molecular formula is C25H26N2O3. The first-order valence-electron chi connectivity index (χ1n) is 10.1. The van der Waals surface area contributed by atoms with Crippen LogP contribution < -0.4 is 15.4 Å². The molecule has 0 aliphatic carbocycles. The molecule has 154 valence electrons. The van der Waals surface area contributed by atoms with E-state index in [4.69, 9.17) is 4.74 Å². The SMILES string of the molecule is CCC(C)Oc1ccc(C(=O)Nc2ccccc2C(=O)NCc2ccccc2)cc1. The fraction of sp³-hybridized carbons (Fsp3) is 0.200. The fourth-order valence-electron chi connectivity index (χ4n) is 2.86. The molecule has 5 heteroatoms. The molecule has 1 unspecified atom stereocenters. The van der Waals surface area contributed by atoms with Gasteiger partial charge in [0.05, 0.1) is 17.4 Å². The Morgan fingerprint density at radius 1 is 0.867 bits per heavy atom. The lowest BCUT2D eigenvalue weighted by Crippen LogP contribution is -2.24. The highest BCUT2D eigenvalue weighted by atomic mass is 16.5. The number of para-hydroxylation sites is 1. The first-order chi connectivity index (χ1) is 14.6. The van der Waals surface area contributed by atoms with Crippen molar-refractivity contribution in [3.05, 3.63) is 95.6 Å². The molecule has 0 radical (unpaired) electrons. The molecule has 3 aromatic carbocycles. The molecule has 0 spiro atoms. The molecule has 5 nitrogen and oxygen atoms in total. The number of hydrogen-bond donors (Lipinski definition) is 2. The monoisotopic (exact) mass is 402 g/mol. The summed E-state index contributed by atoms with van der Waals surface area (Å²) >= 11 is 0. The number of hydrogen-bond acceptors (Lipinski definition) is 3. The molecule has 0 fully saturated rings. The molecule has 3 aromatic rings. The zero-order chi connectivity index (χ0) is 21.3. The number of rotatable bonds is 8. The van der Waals surface area contributed by atoms with Crippen LogP contribution in [0.25, 0.3) is 0 Å². The van der Waals surface area contributed by atoms with E-state index in [0.29, 0.717) is 23.4 Å². The second-order valence-electron chi connectivity index (χ2n) is 7.03. The summed E-state index contributed by atoms with van der Waals surface area (Å²) in [6.07, 6.45) is 1.02. The highest BCUT2D eigenvalue weighted by Crippen LogP contribution is 2.19. The lowest BCUT2D eigenvalue weighted by atomic mass is 10.1. The zero-order valence-corrected chi connectivity index (χ0v) is 17.2. The van der Waals surface area contributed by atoms with Crippen molar-refractivity contribution in [1.29, 1.82) is 0 Å². The standard InChI is InChI=1S/C25H26N2O3/c1-3-18(2)30-21-15-13-20(14-16-21)24(28)27-23-12-8-7-11-22(23)25(29)26-17-19-9-5-4-6-10-19/h4-16,18H,3,17H2,1-2H3,(H,26,29)(H,27,28). The number of benzene rings is 3. The Balaban J connectivity index is 1.66. The third-order valence-corrected chi connectivity index (χ3v) is 4.74. The van der Waals surface area contributed by atoms with E-state index in [1.807, 2.05) is 37.3 Å². The van der Waals surface area contributed by atoms with Crippen molar-refractivity contribution in [3.63, 3.8) is 0 Å². The summed E-state index contributed by atoms with van der Waals surface area (Å²) in [6, 6.07) is 23.6. The van der Waals surface area contributed by atoms with Crippen molar-refractivity contribution in [2.24, 2.45) is 0 Å². The van der Waals surface area contributed by atoms with Crippen molar-refractivity contribution < 1.29 is 14.3 Å². The summed E-state index contributed by atoms with van der Waals surface area (Å²) in [4.78, 5) is 25.3. The number of anilines is 1. The summed E-state index contributed by atoms with van der Waals surface area (Å²) in [5.74, 6) is 0.196. The van der Waals surface area contributed by atoms with Gasteiger partial charge in [-0.05, 0) is 55.3 Å².